The highest BCUT2D eigenvalue weighted by Crippen LogP contribution is 2.25. The number of hydrogen-bond acceptors (Lipinski definition) is 6. The number of aromatic nitrogens is 1. The minimum atomic E-state index is -2.98. The first-order chi connectivity index (χ1) is 7.70. The van der Waals surface area contributed by atoms with Crippen molar-refractivity contribution < 1.29 is 13.2 Å². The van der Waals surface area contributed by atoms with Gasteiger partial charge in [-0.1, -0.05) is 11.3 Å². The molecule has 0 saturated carbocycles. The van der Waals surface area contributed by atoms with Gasteiger partial charge in [0.25, 0.3) is 0 Å². The molecule has 5 nitrogen and oxygen atoms in total. The Bertz CT molecular complexity index is 520. The molecule has 0 atom stereocenters. The summed E-state index contributed by atoms with van der Waals surface area (Å²) in [4.78, 5) is 17.9. The molecule has 0 spiro atoms. The molecule has 0 N–H and O–H groups in total. The highest BCUT2D eigenvalue weighted by atomic mass is 32.2. The van der Waals surface area contributed by atoms with E-state index in [1.807, 2.05) is 0 Å². The van der Waals surface area contributed by atoms with Crippen LogP contribution in [0, 0.1) is 6.92 Å². The quantitative estimate of drug-likeness (QED) is 0.754. The van der Waals surface area contributed by atoms with Crippen molar-refractivity contribution in [1.82, 2.24) is 4.98 Å². The first-order valence-electron chi connectivity index (χ1n) is 5.08. The molecule has 0 aliphatic heterocycles. The maximum Gasteiger partial charge on any atom is 0.185 e. The summed E-state index contributed by atoms with van der Waals surface area (Å²) in [5.41, 5.74) is 0.698. The van der Waals surface area contributed by atoms with Gasteiger partial charge in [0.1, 0.15) is 9.84 Å². The van der Waals surface area contributed by atoms with Gasteiger partial charge in [0.15, 0.2) is 10.9 Å². The Hall–Kier alpha value is -0.950. The molecule has 0 aromatic carbocycles. The van der Waals surface area contributed by atoms with E-state index < -0.39 is 9.84 Å². The largest absolute Gasteiger partial charge is 0.350 e. The zero-order valence-electron chi connectivity index (χ0n) is 10.3. The van der Waals surface area contributed by atoms with Crippen LogP contribution in [0.25, 0.3) is 0 Å². The Morgan fingerprint density at radius 3 is 2.47 bits per heavy atom. The van der Waals surface area contributed by atoms with Crippen LogP contribution >= 0.6 is 11.3 Å². The molecule has 17 heavy (non-hydrogen) atoms. The van der Waals surface area contributed by atoms with Crippen molar-refractivity contribution in [2.45, 2.75) is 13.8 Å². The van der Waals surface area contributed by atoms with Crippen LogP contribution in [-0.4, -0.2) is 44.8 Å². The fourth-order valence-electron chi connectivity index (χ4n) is 1.27. The predicted octanol–water partition coefficient (Wildman–Crippen LogP) is 1.13. The fourth-order valence-corrected chi connectivity index (χ4v) is 2.83. The van der Waals surface area contributed by atoms with Gasteiger partial charge in [-0.15, -0.1) is 0 Å². The number of carbonyl (C=O) groups is 1. The monoisotopic (exact) mass is 276 g/mol. The third-order valence-corrected chi connectivity index (χ3v) is 4.53. The van der Waals surface area contributed by atoms with Gasteiger partial charge in [-0.3, -0.25) is 4.79 Å². The summed E-state index contributed by atoms with van der Waals surface area (Å²) < 4.78 is 22.1. The number of thiazole rings is 1. The Morgan fingerprint density at radius 1 is 1.47 bits per heavy atom. The Balaban J connectivity index is 2.80. The van der Waals surface area contributed by atoms with Crippen LogP contribution in [-0.2, 0) is 9.84 Å². The molecule has 7 heteroatoms. The SMILES string of the molecule is CC(=O)c1sc(N(C)CCS(C)(=O)=O)nc1C. The maximum atomic E-state index is 11.3. The van der Waals surface area contributed by atoms with E-state index in [0.29, 0.717) is 22.2 Å². The van der Waals surface area contributed by atoms with Gasteiger partial charge in [0.05, 0.1) is 16.3 Å². The number of carbonyl (C=O) groups excluding carboxylic acids is 1. The molecular weight excluding hydrogens is 260 g/mol. The van der Waals surface area contributed by atoms with Crippen molar-refractivity contribution >= 4 is 32.1 Å². The van der Waals surface area contributed by atoms with Crippen molar-refractivity contribution in [2.75, 3.05) is 30.5 Å². The third-order valence-electron chi connectivity index (χ3n) is 2.23. The van der Waals surface area contributed by atoms with Gasteiger partial charge >= 0.3 is 0 Å². The van der Waals surface area contributed by atoms with Crippen molar-refractivity contribution in [3.63, 3.8) is 0 Å². The zero-order valence-corrected chi connectivity index (χ0v) is 12.0. The van der Waals surface area contributed by atoms with Crippen LogP contribution in [0.4, 0.5) is 5.13 Å². The molecule has 0 radical (unpaired) electrons. The van der Waals surface area contributed by atoms with Crippen LogP contribution in [0.15, 0.2) is 0 Å². The summed E-state index contributed by atoms with van der Waals surface area (Å²) in [5.74, 6) is 0.0696. The fraction of sp³-hybridized carbons (Fsp3) is 0.600. The second-order valence-corrected chi connectivity index (χ2v) is 7.26. The molecule has 1 heterocycles. The van der Waals surface area contributed by atoms with E-state index >= 15 is 0 Å². The summed E-state index contributed by atoms with van der Waals surface area (Å²) in [6, 6.07) is 0. The lowest BCUT2D eigenvalue weighted by molar-refractivity contribution is 0.102. The first kappa shape index (κ1) is 14.1. The molecule has 0 aliphatic rings. The molecule has 0 fully saturated rings. The predicted molar refractivity (Wildman–Crippen MR) is 69.8 cm³/mol. The van der Waals surface area contributed by atoms with Crippen molar-refractivity contribution in [3.05, 3.63) is 10.6 Å². The Labute approximate surface area is 105 Å². The van der Waals surface area contributed by atoms with E-state index in [-0.39, 0.29) is 11.5 Å². The second-order valence-electron chi connectivity index (χ2n) is 4.02. The van der Waals surface area contributed by atoms with Crippen LogP contribution in [0.3, 0.4) is 0 Å². The molecule has 0 bridgehead atoms. The average molecular weight is 276 g/mol. The number of anilines is 1. The number of ketones is 1. The third kappa shape index (κ3) is 4.08. The van der Waals surface area contributed by atoms with E-state index in [4.69, 9.17) is 0 Å². The number of hydrogen-bond donors (Lipinski definition) is 0. The van der Waals surface area contributed by atoms with Crippen LogP contribution < -0.4 is 4.90 Å². The minimum Gasteiger partial charge on any atom is -0.350 e. The summed E-state index contributed by atoms with van der Waals surface area (Å²) in [6.45, 7) is 3.66. The van der Waals surface area contributed by atoms with Crippen LogP contribution in [0.1, 0.15) is 22.3 Å². The maximum absolute atomic E-state index is 11.3. The lowest BCUT2D eigenvalue weighted by Gasteiger charge is -2.14. The molecule has 0 amide bonds. The normalized spacial score (nSPS) is 11.5. The van der Waals surface area contributed by atoms with Crippen LogP contribution in [0.2, 0.25) is 0 Å². The van der Waals surface area contributed by atoms with E-state index in [2.05, 4.69) is 4.98 Å². The summed E-state index contributed by atoms with van der Waals surface area (Å²) in [7, 11) is -1.21. The van der Waals surface area contributed by atoms with Gasteiger partial charge in [-0.2, -0.15) is 0 Å². The molecule has 0 saturated heterocycles. The number of aryl methyl sites for hydroxylation is 1. The molecule has 1 rings (SSSR count). The van der Waals surface area contributed by atoms with Gasteiger partial charge in [0.2, 0.25) is 0 Å². The molecule has 0 unspecified atom stereocenters. The minimum absolute atomic E-state index is 0.0113. The summed E-state index contributed by atoms with van der Waals surface area (Å²) in [5, 5.41) is 0.677. The standard InChI is InChI=1S/C10H16N2O3S2/c1-7-9(8(2)13)16-10(11-7)12(3)5-6-17(4,14)15/h5-6H2,1-4H3. The lowest BCUT2D eigenvalue weighted by atomic mass is 10.3. The smallest absolute Gasteiger partial charge is 0.185 e. The van der Waals surface area contributed by atoms with Crippen molar-refractivity contribution in [1.29, 1.82) is 0 Å². The summed E-state index contributed by atoms with van der Waals surface area (Å²) >= 11 is 1.30. The first-order valence-corrected chi connectivity index (χ1v) is 7.95. The Kier molecular flexibility index (Phi) is 4.26. The van der Waals surface area contributed by atoms with Gasteiger partial charge in [-0.05, 0) is 6.92 Å². The molecule has 0 aliphatic carbocycles. The van der Waals surface area contributed by atoms with Gasteiger partial charge in [0, 0.05) is 26.8 Å². The molecule has 1 aromatic heterocycles. The van der Waals surface area contributed by atoms with Gasteiger partial charge < -0.3 is 4.90 Å². The second kappa shape index (κ2) is 5.14. The topological polar surface area (TPSA) is 67.3 Å². The number of Topliss-reactive ketones (excluding diaryl/α,β-unsaturated/α-hetero) is 1. The molecule has 1 aromatic rings. The van der Waals surface area contributed by atoms with Crippen molar-refractivity contribution in [2.24, 2.45) is 0 Å². The number of sulfone groups is 1. The van der Waals surface area contributed by atoms with Gasteiger partial charge in [-0.25, -0.2) is 13.4 Å². The Morgan fingerprint density at radius 2 is 2.06 bits per heavy atom. The van der Waals surface area contributed by atoms with E-state index in [9.17, 15) is 13.2 Å². The van der Waals surface area contributed by atoms with Crippen molar-refractivity contribution in [3.8, 4) is 0 Å². The van der Waals surface area contributed by atoms with E-state index in [1.54, 1.807) is 18.9 Å². The average Bonchev–Trinajstić information content (AvgIpc) is 2.55. The molecular formula is C10H16N2O3S2. The molecule has 96 valence electrons. The lowest BCUT2D eigenvalue weighted by Crippen LogP contribution is -2.24. The zero-order chi connectivity index (χ0) is 13.2. The summed E-state index contributed by atoms with van der Waals surface area (Å²) in [6.07, 6.45) is 1.20. The van der Waals surface area contributed by atoms with E-state index in [0.717, 1.165) is 0 Å². The highest BCUT2D eigenvalue weighted by Gasteiger charge is 2.15. The van der Waals surface area contributed by atoms with Crippen LogP contribution in [0.5, 0.6) is 0 Å². The number of rotatable bonds is 5. The highest BCUT2D eigenvalue weighted by molar-refractivity contribution is 7.90. The number of nitrogens with zero attached hydrogens (tertiary/aromatic N) is 2. The van der Waals surface area contributed by atoms with E-state index in [1.165, 1.54) is 24.5 Å².